The third-order valence-corrected chi connectivity index (χ3v) is 16.9. The molecule has 0 aliphatic rings. The van der Waals surface area contributed by atoms with Crippen molar-refractivity contribution in [2.75, 3.05) is 0 Å². The number of hydrogen-bond acceptors (Lipinski definition) is 0. The summed E-state index contributed by atoms with van der Waals surface area (Å²) in [6, 6.07) is 27.0. The fraction of sp³-hybridized carbons (Fsp3) is 0.143. The first-order valence-electron chi connectivity index (χ1n) is 7.80. The number of aryl methyl sites for hydroxylation is 3. The molecule has 116 valence electrons. The quantitative estimate of drug-likeness (QED) is 0.554. The summed E-state index contributed by atoms with van der Waals surface area (Å²) in [6.07, 6.45) is 0. The van der Waals surface area contributed by atoms with Crippen molar-refractivity contribution in [2.45, 2.75) is 20.8 Å². The third kappa shape index (κ3) is 3.32. The summed E-state index contributed by atoms with van der Waals surface area (Å²) in [6.45, 7) is 6.42. The monoisotopic (exact) mass is 427 g/mol. The Morgan fingerprint density at radius 2 is 0.696 bits per heavy atom. The van der Waals surface area contributed by atoms with Gasteiger partial charge in [0.15, 0.2) is 0 Å². The standard InChI is InChI=1S/C21H21AsBr/c1-16-4-10-19(11-5-16)22(23,20-12-6-17(2)7-13-20)21-14-8-18(3)9-15-21/h4-15H,1-3H3/q+1. The van der Waals surface area contributed by atoms with E-state index in [4.69, 9.17) is 0 Å². The molecule has 0 bridgehead atoms. The van der Waals surface area contributed by atoms with Crippen LogP contribution in [0.5, 0.6) is 0 Å². The zero-order valence-electron chi connectivity index (χ0n) is 13.8. The van der Waals surface area contributed by atoms with Gasteiger partial charge in [0.2, 0.25) is 0 Å². The van der Waals surface area contributed by atoms with Crippen LogP contribution in [-0.4, -0.2) is 11.7 Å². The van der Waals surface area contributed by atoms with E-state index in [1.807, 2.05) is 0 Å². The Morgan fingerprint density at radius 3 is 0.913 bits per heavy atom. The third-order valence-electron chi connectivity index (χ3n) is 4.17. The van der Waals surface area contributed by atoms with Gasteiger partial charge in [-0.3, -0.25) is 0 Å². The Kier molecular flexibility index (Phi) is 4.80. The first kappa shape index (κ1) is 16.6. The summed E-state index contributed by atoms with van der Waals surface area (Å²) in [7, 11) is 0. The van der Waals surface area contributed by atoms with E-state index >= 15 is 0 Å². The van der Waals surface area contributed by atoms with Crippen LogP contribution >= 0.6 is 13.9 Å². The first-order chi connectivity index (χ1) is 11.0. The van der Waals surface area contributed by atoms with E-state index in [0.29, 0.717) is 0 Å². The fourth-order valence-corrected chi connectivity index (χ4v) is 11.8. The van der Waals surface area contributed by atoms with Gasteiger partial charge < -0.3 is 0 Å². The van der Waals surface area contributed by atoms with Crippen LogP contribution in [0.25, 0.3) is 0 Å². The van der Waals surface area contributed by atoms with E-state index in [1.54, 1.807) is 0 Å². The van der Waals surface area contributed by atoms with Crippen molar-refractivity contribution in [2.24, 2.45) is 0 Å². The van der Waals surface area contributed by atoms with Crippen molar-refractivity contribution >= 4 is 38.7 Å². The summed E-state index contributed by atoms with van der Waals surface area (Å²) in [4.78, 5) is 0. The van der Waals surface area contributed by atoms with E-state index in [0.717, 1.165) is 0 Å². The molecular weight excluding hydrogens is 407 g/mol. The van der Waals surface area contributed by atoms with Gasteiger partial charge in [-0.25, -0.2) is 0 Å². The van der Waals surface area contributed by atoms with Gasteiger partial charge in [-0.15, -0.1) is 0 Å². The molecule has 3 aromatic carbocycles. The average molecular weight is 428 g/mol. The Hall–Kier alpha value is -1.30. The van der Waals surface area contributed by atoms with Gasteiger partial charge in [-0.1, -0.05) is 0 Å². The molecule has 0 unspecified atom stereocenters. The Bertz CT molecular complexity index is 676. The van der Waals surface area contributed by atoms with Gasteiger partial charge in [0.25, 0.3) is 0 Å². The minimum atomic E-state index is -2.56. The minimum absolute atomic E-state index is 1.30. The Morgan fingerprint density at radius 1 is 0.478 bits per heavy atom. The van der Waals surface area contributed by atoms with E-state index < -0.39 is 11.7 Å². The number of hydrogen-bond donors (Lipinski definition) is 0. The molecule has 0 aromatic heterocycles. The van der Waals surface area contributed by atoms with E-state index in [9.17, 15) is 0 Å². The van der Waals surface area contributed by atoms with Crippen LogP contribution in [0.4, 0.5) is 0 Å². The van der Waals surface area contributed by atoms with Crippen LogP contribution in [-0.2, 0) is 0 Å². The molecule has 23 heavy (non-hydrogen) atoms. The summed E-state index contributed by atoms with van der Waals surface area (Å²) in [5, 5.41) is 0. The fourth-order valence-electron chi connectivity index (χ4n) is 2.70. The number of halogens is 1. The van der Waals surface area contributed by atoms with Gasteiger partial charge >= 0.3 is 149 Å². The molecule has 0 fully saturated rings. The molecule has 0 aliphatic carbocycles. The summed E-state index contributed by atoms with van der Waals surface area (Å²) in [5.41, 5.74) is 3.91. The van der Waals surface area contributed by atoms with Crippen LogP contribution in [0, 0.1) is 20.8 Å². The summed E-state index contributed by atoms with van der Waals surface area (Å²) < 4.78 is 4.25. The number of benzene rings is 3. The van der Waals surface area contributed by atoms with Crippen LogP contribution in [0.1, 0.15) is 16.7 Å². The van der Waals surface area contributed by atoms with Crippen LogP contribution in [0.15, 0.2) is 72.8 Å². The second-order valence-electron chi connectivity index (χ2n) is 6.10. The van der Waals surface area contributed by atoms with Gasteiger partial charge in [0.05, 0.1) is 0 Å². The molecular formula is C21H21AsBr+. The zero-order valence-corrected chi connectivity index (χ0v) is 17.2. The molecule has 0 saturated heterocycles. The maximum absolute atomic E-state index is 4.26. The van der Waals surface area contributed by atoms with Gasteiger partial charge in [0, 0.05) is 0 Å². The zero-order chi connectivity index (χ0) is 16.4. The van der Waals surface area contributed by atoms with Crippen LogP contribution < -0.4 is 13.1 Å². The molecule has 0 saturated carbocycles. The molecule has 0 N–H and O–H groups in total. The van der Waals surface area contributed by atoms with Gasteiger partial charge in [-0.05, 0) is 0 Å². The molecule has 2 heteroatoms. The molecule has 3 aromatic rings. The van der Waals surface area contributed by atoms with Crippen molar-refractivity contribution in [3.63, 3.8) is 0 Å². The van der Waals surface area contributed by atoms with Gasteiger partial charge in [-0.2, -0.15) is 0 Å². The molecule has 0 spiro atoms. The van der Waals surface area contributed by atoms with Crippen LogP contribution in [0.2, 0.25) is 0 Å². The van der Waals surface area contributed by atoms with Crippen molar-refractivity contribution in [3.8, 4) is 0 Å². The van der Waals surface area contributed by atoms with E-state index in [-0.39, 0.29) is 0 Å². The molecule has 0 aliphatic heterocycles. The second kappa shape index (κ2) is 6.67. The number of rotatable bonds is 3. The predicted molar refractivity (Wildman–Crippen MR) is 107 cm³/mol. The Labute approximate surface area is 148 Å². The Balaban J connectivity index is 2.21. The topological polar surface area (TPSA) is 0 Å². The van der Waals surface area contributed by atoms with Crippen molar-refractivity contribution < 1.29 is 0 Å². The molecule has 0 nitrogen and oxygen atoms in total. The summed E-state index contributed by atoms with van der Waals surface area (Å²) in [5.74, 6) is 0. The van der Waals surface area contributed by atoms with Crippen molar-refractivity contribution in [1.82, 2.24) is 0 Å². The van der Waals surface area contributed by atoms with Crippen LogP contribution in [0.3, 0.4) is 0 Å². The normalized spacial score (nSPS) is 11.5. The molecule has 0 amide bonds. The van der Waals surface area contributed by atoms with Crippen molar-refractivity contribution in [3.05, 3.63) is 89.5 Å². The predicted octanol–water partition coefficient (Wildman–Crippen LogP) is 3.97. The van der Waals surface area contributed by atoms with Gasteiger partial charge in [0.1, 0.15) is 0 Å². The SMILES string of the molecule is Cc1ccc([As+](Br)(c2ccc(C)cc2)c2ccc(C)cc2)cc1. The summed E-state index contributed by atoms with van der Waals surface area (Å²) >= 11 is 1.69. The molecule has 0 heterocycles. The average Bonchev–Trinajstić information content (AvgIpc) is 2.56. The van der Waals surface area contributed by atoms with E-state index in [1.165, 1.54) is 29.7 Å². The molecule has 0 atom stereocenters. The second-order valence-corrected chi connectivity index (χ2v) is 17.3. The maximum atomic E-state index is 4.26. The molecule has 0 radical (unpaired) electrons. The van der Waals surface area contributed by atoms with E-state index in [2.05, 4.69) is 108 Å². The molecule has 3 rings (SSSR count). The van der Waals surface area contributed by atoms with Crippen molar-refractivity contribution in [1.29, 1.82) is 0 Å². The first-order valence-corrected chi connectivity index (χ1v) is 15.0.